The van der Waals surface area contributed by atoms with Gasteiger partial charge in [-0.25, -0.2) is 14.3 Å². The zero-order chi connectivity index (χ0) is 12.0. The standard InChI is InChI=1S/C11H11N3O3/c1-17-9-2-3-12-10-6(9)4-7-8(15)5-13-11(16)14(7)10/h2-4,8,15H,5H2,1H3,(H,13,16). The molecule has 0 aromatic carbocycles. The molecule has 0 fully saturated rings. The summed E-state index contributed by atoms with van der Waals surface area (Å²) < 4.78 is 6.59. The second kappa shape index (κ2) is 3.46. The first-order valence-corrected chi connectivity index (χ1v) is 5.23. The fourth-order valence-corrected chi connectivity index (χ4v) is 2.10. The third kappa shape index (κ3) is 1.31. The van der Waals surface area contributed by atoms with Crippen LogP contribution in [0.4, 0.5) is 4.79 Å². The van der Waals surface area contributed by atoms with Crippen LogP contribution < -0.4 is 10.1 Å². The topological polar surface area (TPSA) is 76.4 Å². The SMILES string of the molecule is COc1ccnc2c1cc1n2C(=O)NCC1O. The van der Waals surface area contributed by atoms with E-state index in [1.54, 1.807) is 25.4 Å². The van der Waals surface area contributed by atoms with Gasteiger partial charge in [0.15, 0.2) is 5.65 Å². The molecule has 2 aromatic heterocycles. The minimum atomic E-state index is -0.716. The number of methoxy groups -OCH3 is 1. The molecule has 1 amide bonds. The fourth-order valence-electron chi connectivity index (χ4n) is 2.10. The Labute approximate surface area is 96.8 Å². The largest absolute Gasteiger partial charge is 0.496 e. The van der Waals surface area contributed by atoms with Gasteiger partial charge in [0.05, 0.1) is 24.7 Å². The number of nitrogens with one attached hydrogen (secondary N) is 1. The van der Waals surface area contributed by atoms with Gasteiger partial charge in [-0.05, 0) is 12.1 Å². The van der Waals surface area contributed by atoms with Crippen molar-refractivity contribution >= 4 is 17.1 Å². The molecule has 2 aromatic rings. The van der Waals surface area contributed by atoms with Gasteiger partial charge in [-0.3, -0.25) is 0 Å². The van der Waals surface area contributed by atoms with Gasteiger partial charge in [-0.2, -0.15) is 0 Å². The number of amides is 1. The van der Waals surface area contributed by atoms with Gasteiger partial charge < -0.3 is 15.2 Å². The highest BCUT2D eigenvalue weighted by Gasteiger charge is 2.27. The molecule has 1 aliphatic rings. The summed E-state index contributed by atoms with van der Waals surface area (Å²) in [5.74, 6) is 0.636. The maximum absolute atomic E-state index is 11.8. The third-order valence-corrected chi connectivity index (χ3v) is 2.90. The molecular weight excluding hydrogens is 222 g/mol. The summed E-state index contributed by atoms with van der Waals surface area (Å²) in [6, 6.07) is 3.18. The number of hydrogen-bond donors (Lipinski definition) is 2. The Kier molecular flexibility index (Phi) is 2.05. The van der Waals surface area contributed by atoms with Gasteiger partial charge in [0.2, 0.25) is 0 Å². The number of pyridine rings is 1. The molecule has 3 rings (SSSR count). The lowest BCUT2D eigenvalue weighted by Gasteiger charge is -2.20. The number of β-amino-alcohol motifs (C(OH)–C–C–N with tert-alkyl or cyclic N) is 1. The molecule has 2 N–H and O–H groups in total. The molecule has 1 unspecified atom stereocenters. The average molecular weight is 233 g/mol. The Balaban J connectivity index is 2.37. The number of nitrogens with zero attached hydrogens (tertiary/aromatic N) is 2. The molecule has 3 heterocycles. The quantitative estimate of drug-likeness (QED) is 0.758. The molecule has 0 aliphatic carbocycles. The van der Waals surface area contributed by atoms with Gasteiger partial charge in [0.25, 0.3) is 0 Å². The summed E-state index contributed by atoms with van der Waals surface area (Å²) in [4.78, 5) is 15.9. The third-order valence-electron chi connectivity index (χ3n) is 2.90. The first-order valence-electron chi connectivity index (χ1n) is 5.23. The van der Waals surface area contributed by atoms with E-state index >= 15 is 0 Å². The molecule has 1 atom stereocenters. The van der Waals surface area contributed by atoms with Crippen LogP contribution in [-0.2, 0) is 0 Å². The summed E-state index contributed by atoms with van der Waals surface area (Å²) in [6.45, 7) is 0.220. The van der Waals surface area contributed by atoms with Crippen LogP contribution in [-0.4, -0.2) is 34.3 Å². The van der Waals surface area contributed by atoms with Crippen LogP contribution in [0.2, 0.25) is 0 Å². The maximum atomic E-state index is 11.8. The number of carbonyl (C=O) groups is 1. The van der Waals surface area contributed by atoms with Gasteiger partial charge in [0.1, 0.15) is 11.9 Å². The van der Waals surface area contributed by atoms with E-state index in [1.165, 1.54) is 4.57 Å². The van der Waals surface area contributed by atoms with E-state index in [1.807, 2.05) is 0 Å². The molecule has 0 saturated heterocycles. The van der Waals surface area contributed by atoms with E-state index < -0.39 is 6.10 Å². The van der Waals surface area contributed by atoms with Gasteiger partial charge in [0, 0.05) is 6.20 Å². The van der Waals surface area contributed by atoms with Crippen molar-refractivity contribution in [2.75, 3.05) is 13.7 Å². The van der Waals surface area contributed by atoms with Crippen LogP contribution in [0.25, 0.3) is 11.0 Å². The molecule has 6 heteroatoms. The highest BCUT2D eigenvalue weighted by Crippen LogP contribution is 2.30. The molecule has 88 valence electrons. The predicted molar refractivity (Wildman–Crippen MR) is 60.0 cm³/mol. The minimum absolute atomic E-state index is 0.220. The van der Waals surface area contributed by atoms with Crippen LogP contribution in [0.1, 0.15) is 11.8 Å². The number of carbonyl (C=O) groups excluding carboxylic acids is 1. The number of aromatic nitrogens is 2. The zero-order valence-electron chi connectivity index (χ0n) is 9.17. The van der Waals surface area contributed by atoms with Crippen molar-refractivity contribution in [3.05, 3.63) is 24.0 Å². The summed E-state index contributed by atoms with van der Waals surface area (Å²) >= 11 is 0. The van der Waals surface area contributed by atoms with E-state index in [4.69, 9.17) is 4.74 Å². The molecule has 0 bridgehead atoms. The van der Waals surface area contributed by atoms with Crippen LogP contribution in [0.5, 0.6) is 5.75 Å². The molecule has 17 heavy (non-hydrogen) atoms. The summed E-state index contributed by atoms with van der Waals surface area (Å²) in [5.41, 5.74) is 1.04. The Morgan fingerprint density at radius 2 is 2.47 bits per heavy atom. The average Bonchev–Trinajstić information content (AvgIpc) is 2.74. The van der Waals surface area contributed by atoms with E-state index in [0.29, 0.717) is 17.1 Å². The van der Waals surface area contributed by atoms with Crippen molar-refractivity contribution in [1.29, 1.82) is 0 Å². The number of aliphatic hydroxyl groups excluding tert-OH is 1. The number of rotatable bonds is 1. The number of fused-ring (bicyclic) bond motifs is 3. The van der Waals surface area contributed by atoms with Crippen molar-refractivity contribution < 1.29 is 14.6 Å². The summed E-state index contributed by atoms with van der Waals surface area (Å²) in [5, 5.41) is 13.2. The Hall–Kier alpha value is -2.08. The lowest BCUT2D eigenvalue weighted by atomic mass is 10.2. The lowest BCUT2D eigenvalue weighted by Crippen LogP contribution is -2.39. The molecular formula is C11H11N3O3. The monoisotopic (exact) mass is 233 g/mol. The van der Waals surface area contributed by atoms with Crippen molar-refractivity contribution in [1.82, 2.24) is 14.9 Å². The van der Waals surface area contributed by atoms with E-state index in [-0.39, 0.29) is 12.6 Å². The van der Waals surface area contributed by atoms with Gasteiger partial charge in [-0.15, -0.1) is 0 Å². The second-order valence-corrected chi connectivity index (χ2v) is 3.86. The molecule has 0 radical (unpaired) electrons. The van der Waals surface area contributed by atoms with Crippen LogP contribution >= 0.6 is 0 Å². The van der Waals surface area contributed by atoms with E-state index in [0.717, 1.165) is 5.39 Å². The summed E-state index contributed by atoms with van der Waals surface area (Å²) in [6.07, 6.45) is 0.856. The van der Waals surface area contributed by atoms with Gasteiger partial charge in [-0.1, -0.05) is 0 Å². The number of hydrogen-bond acceptors (Lipinski definition) is 4. The number of aliphatic hydroxyl groups is 1. The van der Waals surface area contributed by atoms with Crippen molar-refractivity contribution in [2.24, 2.45) is 0 Å². The smallest absolute Gasteiger partial charge is 0.327 e. The molecule has 0 spiro atoms. The van der Waals surface area contributed by atoms with E-state index in [9.17, 15) is 9.90 Å². The first kappa shape index (κ1) is 10.1. The Morgan fingerprint density at radius 1 is 1.65 bits per heavy atom. The Bertz CT molecular complexity index is 605. The van der Waals surface area contributed by atoms with Crippen molar-refractivity contribution in [2.45, 2.75) is 6.10 Å². The van der Waals surface area contributed by atoms with Crippen molar-refractivity contribution in [3.63, 3.8) is 0 Å². The lowest BCUT2D eigenvalue weighted by molar-refractivity contribution is 0.154. The zero-order valence-corrected chi connectivity index (χ0v) is 9.17. The number of ether oxygens (including phenoxy) is 1. The van der Waals surface area contributed by atoms with Crippen LogP contribution in [0, 0.1) is 0 Å². The van der Waals surface area contributed by atoms with Gasteiger partial charge >= 0.3 is 6.03 Å². The predicted octanol–water partition coefficient (Wildman–Crippen LogP) is 0.650. The van der Waals surface area contributed by atoms with Crippen molar-refractivity contribution in [3.8, 4) is 5.75 Å². The summed E-state index contributed by atoms with van der Waals surface area (Å²) in [7, 11) is 1.56. The molecule has 0 saturated carbocycles. The highest BCUT2D eigenvalue weighted by molar-refractivity contribution is 5.94. The second-order valence-electron chi connectivity index (χ2n) is 3.86. The highest BCUT2D eigenvalue weighted by atomic mass is 16.5. The first-order chi connectivity index (χ1) is 8.22. The van der Waals surface area contributed by atoms with E-state index in [2.05, 4.69) is 10.3 Å². The maximum Gasteiger partial charge on any atom is 0.327 e. The fraction of sp³-hybridized carbons (Fsp3) is 0.273. The molecule has 6 nitrogen and oxygen atoms in total. The molecule has 1 aliphatic heterocycles. The Morgan fingerprint density at radius 3 is 3.24 bits per heavy atom. The normalized spacial score (nSPS) is 18.9. The minimum Gasteiger partial charge on any atom is -0.496 e. The van der Waals surface area contributed by atoms with Crippen LogP contribution in [0.3, 0.4) is 0 Å². The van der Waals surface area contributed by atoms with Crippen LogP contribution in [0.15, 0.2) is 18.3 Å².